The van der Waals surface area contributed by atoms with Gasteiger partial charge in [-0.3, -0.25) is 0 Å². The highest BCUT2D eigenvalue weighted by Crippen LogP contribution is 2.30. The lowest BCUT2D eigenvalue weighted by atomic mass is 9.93. The molecular formula is C20H22F3NO2. The van der Waals surface area contributed by atoms with Crippen molar-refractivity contribution in [3.05, 3.63) is 54.1 Å². The van der Waals surface area contributed by atoms with E-state index in [4.69, 9.17) is 4.74 Å². The van der Waals surface area contributed by atoms with E-state index in [1.165, 1.54) is 12.1 Å². The Balaban J connectivity index is 1.40. The highest BCUT2D eigenvalue weighted by molar-refractivity contribution is 5.49. The molecule has 0 saturated carbocycles. The monoisotopic (exact) mass is 365 g/mol. The minimum absolute atomic E-state index is 0.268. The molecule has 0 aliphatic carbocycles. The Morgan fingerprint density at radius 1 is 0.962 bits per heavy atom. The van der Waals surface area contributed by atoms with Gasteiger partial charge in [0, 0.05) is 18.8 Å². The second kappa shape index (κ2) is 7.89. The van der Waals surface area contributed by atoms with Gasteiger partial charge < -0.3 is 14.7 Å². The normalized spacial score (nSPS) is 15.9. The summed E-state index contributed by atoms with van der Waals surface area (Å²) >= 11 is 0. The summed E-state index contributed by atoms with van der Waals surface area (Å²) in [5, 5.41) is 9.35. The molecule has 0 unspecified atom stereocenters. The minimum atomic E-state index is -4.32. The average molecular weight is 365 g/mol. The number of hydrogen-bond donors (Lipinski definition) is 1. The van der Waals surface area contributed by atoms with Crippen molar-refractivity contribution in [2.45, 2.75) is 25.4 Å². The molecule has 140 valence electrons. The highest BCUT2D eigenvalue weighted by atomic mass is 19.4. The Labute approximate surface area is 151 Å². The number of piperidine rings is 1. The van der Waals surface area contributed by atoms with Crippen molar-refractivity contribution in [3.8, 4) is 11.5 Å². The first-order valence-corrected chi connectivity index (χ1v) is 8.76. The predicted octanol–water partition coefficient (Wildman–Crippen LogP) is 5.10. The van der Waals surface area contributed by atoms with Crippen LogP contribution >= 0.6 is 0 Å². The molecule has 1 N–H and O–H groups in total. The van der Waals surface area contributed by atoms with Crippen molar-refractivity contribution in [2.75, 3.05) is 24.6 Å². The molecule has 1 aliphatic heterocycles. The van der Waals surface area contributed by atoms with Crippen molar-refractivity contribution in [1.29, 1.82) is 0 Å². The topological polar surface area (TPSA) is 32.7 Å². The van der Waals surface area contributed by atoms with E-state index >= 15 is 0 Å². The number of hydrogen-bond acceptors (Lipinski definition) is 3. The van der Waals surface area contributed by atoms with Crippen LogP contribution in [-0.2, 0) is 6.18 Å². The number of benzene rings is 2. The van der Waals surface area contributed by atoms with Gasteiger partial charge in [-0.25, -0.2) is 0 Å². The Bertz CT molecular complexity index is 690. The van der Waals surface area contributed by atoms with Crippen molar-refractivity contribution in [1.82, 2.24) is 0 Å². The van der Waals surface area contributed by atoms with Gasteiger partial charge in [0.25, 0.3) is 0 Å². The van der Waals surface area contributed by atoms with Crippen LogP contribution in [0, 0.1) is 5.92 Å². The third-order valence-corrected chi connectivity index (χ3v) is 4.81. The fraction of sp³-hybridized carbons (Fsp3) is 0.400. The first-order chi connectivity index (χ1) is 12.4. The Morgan fingerprint density at radius 3 is 2.15 bits per heavy atom. The maximum Gasteiger partial charge on any atom is 0.416 e. The molecule has 0 amide bonds. The van der Waals surface area contributed by atoms with Crippen LogP contribution in [-0.4, -0.2) is 24.8 Å². The fourth-order valence-corrected chi connectivity index (χ4v) is 3.23. The lowest BCUT2D eigenvalue weighted by Crippen LogP contribution is -2.34. The van der Waals surface area contributed by atoms with E-state index in [2.05, 4.69) is 4.90 Å². The number of aromatic hydroxyl groups is 1. The van der Waals surface area contributed by atoms with Crippen LogP contribution in [0.15, 0.2) is 48.5 Å². The maximum absolute atomic E-state index is 12.5. The zero-order valence-corrected chi connectivity index (χ0v) is 14.4. The SMILES string of the molecule is Oc1ccc(N2CCC(CCOc3ccc(C(F)(F)F)cc3)CC2)cc1. The van der Waals surface area contributed by atoms with Crippen molar-refractivity contribution in [2.24, 2.45) is 5.92 Å². The molecule has 1 aliphatic rings. The zero-order valence-electron chi connectivity index (χ0n) is 14.4. The van der Waals surface area contributed by atoms with E-state index in [1.54, 1.807) is 12.1 Å². The molecule has 2 aromatic rings. The largest absolute Gasteiger partial charge is 0.508 e. The summed E-state index contributed by atoms with van der Waals surface area (Å²) in [6.07, 6.45) is -1.32. The first-order valence-electron chi connectivity index (χ1n) is 8.76. The quantitative estimate of drug-likeness (QED) is 0.800. The molecule has 0 spiro atoms. The summed E-state index contributed by atoms with van der Waals surface area (Å²) in [5.74, 6) is 1.29. The van der Waals surface area contributed by atoms with Gasteiger partial charge >= 0.3 is 6.18 Å². The first kappa shape index (κ1) is 18.4. The van der Waals surface area contributed by atoms with Crippen LogP contribution in [0.25, 0.3) is 0 Å². The van der Waals surface area contributed by atoms with Gasteiger partial charge in [-0.15, -0.1) is 0 Å². The molecule has 0 bridgehead atoms. The number of phenols is 1. The van der Waals surface area contributed by atoms with Gasteiger partial charge in [-0.1, -0.05) is 0 Å². The van der Waals surface area contributed by atoms with Crippen molar-refractivity contribution >= 4 is 5.69 Å². The Morgan fingerprint density at radius 2 is 1.58 bits per heavy atom. The minimum Gasteiger partial charge on any atom is -0.508 e. The summed E-state index contributed by atoms with van der Waals surface area (Å²) in [5.41, 5.74) is 0.453. The molecule has 1 heterocycles. The standard InChI is InChI=1S/C20H22F3NO2/c21-20(22,23)16-1-7-19(8-2-16)26-14-11-15-9-12-24(13-10-15)17-3-5-18(25)6-4-17/h1-8,15,25H,9-14H2. The number of phenolic OH excluding ortho intramolecular Hbond substituents is 1. The van der Waals surface area contributed by atoms with Crippen molar-refractivity contribution < 1.29 is 23.0 Å². The molecule has 1 saturated heterocycles. The molecule has 2 aromatic carbocycles. The molecular weight excluding hydrogens is 343 g/mol. The van der Waals surface area contributed by atoms with Gasteiger partial charge in [0.2, 0.25) is 0 Å². The second-order valence-electron chi connectivity index (χ2n) is 6.61. The summed E-state index contributed by atoms with van der Waals surface area (Å²) in [6.45, 7) is 2.42. The molecule has 3 nitrogen and oxygen atoms in total. The van der Waals surface area contributed by atoms with Gasteiger partial charge in [0.05, 0.1) is 12.2 Å². The smallest absolute Gasteiger partial charge is 0.416 e. The lowest BCUT2D eigenvalue weighted by Gasteiger charge is -2.33. The number of nitrogens with zero attached hydrogens (tertiary/aromatic N) is 1. The summed E-state index contributed by atoms with van der Waals surface area (Å²) in [7, 11) is 0. The highest BCUT2D eigenvalue weighted by Gasteiger charge is 2.30. The summed E-state index contributed by atoms with van der Waals surface area (Å²) in [4.78, 5) is 2.30. The summed E-state index contributed by atoms with van der Waals surface area (Å²) in [6, 6.07) is 12.1. The molecule has 0 radical (unpaired) electrons. The Kier molecular flexibility index (Phi) is 5.59. The van der Waals surface area contributed by atoms with Crippen LogP contribution < -0.4 is 9.64 Å². The van der Waals surface area contributed by atoms with Gasteiger partial charge in [0.1, 0.15) is 11.5 Å². The predicted molar refractivity (Wildman–Crippen MR) is 94.6 cm³/mol. The van der Waals surface area contributed by atoms with Crippen molar-refractivity contribution in [3.63, 3.8) is 0 Å². The third kappa shape index (κ3) is 4.84. The van der Waals surface area contributed by atoms with E-state index in [1.807, 2.05) is 12.1 Å². The molecule has 0 aromatic heterocycles. The van der Waals surface area contributed by atoms with E-state index < -0.39 is 11.7 Å². The number of ether oxygens (including phenoxy) is 1. The van der Waals surface area contributed by atoms with Crippen LogP contribution in [0.1, 0.15) is 24.8 Å². The maximum atomic E-state index is 12.5. The second-order valence-corrected chi connectivity index (χ2v) is 6.61. The molecule has 1 fully saturated rings. The van der Waals surface area contributed by atoms with Crippen LogP contribution in [0.4, 0.5) is 18.9 Å². The van der Waals surface area contributed by atoms with E-state index in [0.29, 0.717) is 18.3 Å². The average Bonchev–Trinajstić information content (AvgIpc) is 2.63. The molecule has 0 atom stereocenters. The number of rotatable bonds is 5. The van der Waals surface area contributed by atoms with E-state index in [0.717, 1.165) is 50.2 Å². The zero-order chi connectivity index (χ0) is 18.6. The number of anilines is 1. The van der Waals surface area contributed by atoms with Crippen LogP contribution in [0.2, 0.25) is 0 Å². The fourth-order valence-electron chi connectivity index (χ4n) is 3.23. The van der Waals surface area contributed by atoms with E-state index in [9.17, 15) is 18.3 Å². The van der Waals surface area contributed by atoms with Gasteiger partial charge in [-0.2, -0.15) is 13.2 Å². The molecule has 3 rings (SSSR count). The summed E-state index contributed by atoms with van der Waals surface area (Å²) < 4.78 is 43.2. The van der Waals surface area contributed by atoms with Gasteiger partial charge in [-0.05, 0) is 73.7 Å². The molecule has 6 heteroatoms. The van der Waals surface area contributed by atoms with Gasteiger partial charge in [0.15, 0.2) is 0 Å². The van der Waals surface area contributed by atoms with Crippen LogP contribution in [0.3, 0.4) is 0 Å². The van der Waals surface area contributed by atoms with Crippen LogP contribution in [0.5, 0.6) is 11.5 Å². The third-order valence-electron chi connectivity index (χ3n) is 4.81. The number of halogens is 3. The molecule has 26 heavy (non-hydrogen) atoms. The Hall–Kier alpha value is -2.37. The lowest BCUT2D eigenvalue weighted by molar-refractivity contribution is -0.137. The van der Waals surface area contributed by atoms with E-state index in [-0.39, 0.29) is 5.75 Å². The number of alkyl halides is 3.